The minimum absolute atomic E-state index is 0.0892. The van der Waals surface area contributed by atoms with Gasteiger partial charge in [0.1, 0.15) is 6.10 Å². The molecule has 0 radical (unpaired) electrons. The zero-order valence-electron chi connectivity index (χ0n) is 18.0. The largest absolute Gasteiger partial charge is 0.462 e. The Morgan fingerprint density at radius 2 is 1.93 bits per heavy atom. The van der Waals surface area contributed by atoms with Crippen LogP contribution >= 0.6 is 0 Å². The number of carbonyl (C=O) groups excluding carboxylic acids is 1. The predicted octanol–water partition coefficient (Wildman–Crippen LogP) is 5.39. The zero-order valence-corrected chi connectivity index (χ0v) is 18.0. The van der Waals surface area contributed by atoms with Crippen LogP contribution < -0.4 is 4.98 Å². The van der Waals surface area contributed by atoms with Crippen LogP contribution in [0.15, 0.2) is 42.3 Å². The van der Waals surface area contributed by atoms with Crippen LogP contribution in [-0.2, 0) is 9.53 Å². The Hall–Kier alpha value is -1.90. The Morgan fingerprint density at radius 3 is 2.69 bits per heavy atom. The molecule has 0 aromatic carbocycles. The van der Waals surface area contributed by atoms with Crippen LogP contribution in [0.2, 0.25) is 0 Å². The maximum atomic E-state index is 11.4. The summed E-state index contributed by atoms with van der Waals surface area (Å²) in [5, 5.41) is 0. The first-order valence-electron chi connectivity index (χ1n) is 11.5. The monoisotopic (exact) mass is 392 g/mol. The molecule has 3 heteroatoms. The Balaban J connectivity index is 1.41. The van der Waals surface area contributed by atoms with E-state index in [0.717, 1.165) is 37.0 Å². The van der Waals surface area contributed by atoms with Crippen molar-refractivity contribution in [3.05, 3.63) is 47.8 Å². The number of H-pyrrole nitrogens is 1. The Labute approximate surface area is 174 Å². The van der Waals surface area contributed by atoms with Crippen LogP contribution in [0.1, 0.15) is 71.3 Å². The smallest absolute Gasteiger partial charge is 0.302 e. The molecule has 4 unspecified atom stereocenters. The maximum absolute atomic E-state index is 11.4. The third-order valence-corrected chi connectivity index (χ3v) is 8.99. The molecular formula is C26H34NO2+. The molecule has 0 spiro atoms. The lowest BCUT2D eigenvalue weighted by Crippen LogP contribution is -2.50. The summed E-state index contributed by atoms with van der Waals surface area (Å²) in [5.41, 5.74) is 5.10. The molecule has 2 fully saturated rings. The van der Waals surface area contributed by atoms with Crippen LogP contribution in [0.3, 0.4) is 0 Å². The second kappa shape index (κ2) is 6.82. The second-order valence-corrected chi connectivity index (χ2v) is 10.3. The highest BCUT2D eigenvalue weighted by Gasteiger charge is 2.57. The normalized spacial score (nSPS) is 40.8. The van der Waals surface area contributed by atoms with E-state index >= 15 is 0 Å². The molecule has 4 aliphatic rings. The molecule has 2 saturated carbocycles. The molecule has 1 heterocycles. The van der Waals surface area contributed by atoms with Crippen LogP contribution in [0.5, 0.6) is 0 Å². The Kier molecular flexibility index (Phi) is 4.49. The molecule has 6 atom stereocenters. The van der Waals surface area contributed by atoms with E-state index in [4.69, 9.17) is 4.74 Å². The van der Waals surface area contributed by atoms with Gasteiger partial charge in [0.2, 0.25) is 0 Å². The van der Waals surface area contributed by atoms with Crippen molar-refractivity contribution in [3.63, 3.8) is 0 Å². The molecule has 1 aromatic rings. The number of hydrogen-bond acceptors (Lipinski definition) is 2. The van der Waals surface area contributed by atoms with E-state index in [-0.39, 0.29) is 12.1 Å². The Bertz CT molecular complexity index is 872. The van der Waals surface area contributed by atoms with Gasteiger partial charge in [-0.3, -0.25) is 4.79 Å². The fourth-order valence-electron chi connectivity index (χ4n) is 7.54. The van der Waals surface area contributed by atoms with Crippen molar-refractivity contribution >= 4 is 11.5 Å². The molecule has 4 aliphatic carbocycles. The van der Waals surface area contributed by atoms with Crippen molar-refractivity contribution in [2.45, 2.75) is 71.8 Å². The summed E-state index contributed by atoms with van der Waals surface area (Å²) in [6.45, 7) is 6.58. The lowest BCUT2D eigenvalue weighted by molar-refractivity contribution is -0.378. The first-order chi connectivity index (χ1) is 13.9. The highest BCUT2D eigenvalue weighted by molar-refractivity contribution is 5.72. The van der Waals surface area contributed by atoms with Gasteiger partial charge in [0.25, 0.3) is 0 Å². The quantitative estimate of drug-likeness (QED) is 0.500. The molecule has 0 amide bonds. The van der Waals surface area contributed by atoms with Crippen LogP contribution in [0, 0.1) is 28.6 Å². The number of fused-ring (bicyclic) bond motifs is 5. The van der Waals surface area contributed by atoms with E-state index in [1.54, 1.807) is 11.1 Å². The van der Waals surface area contributed by atoms with Crippen molar-refractivity contribution in [3.8, 4) is 0 Å². The highest BCUT2D eigenvalue weighted by Crippen LogP contribution is 2.66. The molecule has 0 saturated heterocycles. The first kappa shape index (κ1) is 19.1. The van der Waals surface area contributed by atoms with Crippen LogP contribution in [0.4, 0.5) is 0 Å². The summed E-state index contributed by atoms with van der Waals surface area (Å²) in [7, 11) is 0. The molecule has 5 rings (SSSR count). The molecule has 154 valence electrons. The third-order valence-electron chi connectivity index (χ3n) is 8.99. The van der Waals surface area contributed by atoms with Crippen molar-refractivity contribution < 1.29 is 14.5 Å². The van der Waals surface area contributed by atoms with Crippen molar-refractivity contribution in [1.82, 2.24) is 0 Å². The molecule has 0 aliphatic heterocycles. The van der Waals surface area contributed by atoms with Gasteiger partial charge in [-0.1, -0.05) is 31.6 Å². The minimum atomic E-state index is -0.135. The summed E-state index contributed by atoms with van der Waals surface area (Å²) in [5.74, 6) is 2.16. The number of rotatable bonds is 2. The van der Waals surface area contributed by atoms with Gasteiger partial charge < -0.3 is 4.74 Å². The summed E-state index contributed by atoms with van der Waals surface area (Å²) < 4.78 is 5.58. The third kappa shape index (κ3) is 2.92. The van der Waals surface area contributed by atoms with Gasteiger partial charge in [0.05, 0.1) is 0 Å². The Morgan fingerprint density at radius 1 is 1.10 bits per heavy atom. The number of allylic oxidation sites excluding steroid dienone is 3. The van der Waals surface area contributed by atoms with Crippen molar-refractivity contribution in [1.29, 1.82) is 0 Å². The number of carbonyl (C=O) groups is 1. The lowest BCUT2D eigenvalue weighted by Gasteiger charge is -2.57. The van der Waals surface area contributed by atoms with Gasteiger partial charge in [-0.2, -0.15) is 0 Å². The average Bonchev–Trinajstić information content (AvgIpc) is 3.06. The van der Waals surface area contributed by atoms with Gasteiger partial charge >= 0.3 is 5.97 Å². The first-order valence-corrected chi connectivity index (χ1v) is 11.5. The molecule has 1 aromatic heterocycles. The number of ether oxygens (including phenoxy) is 1. The molecular weight excluding hydrogens is 358 g/mol. The number of hydrogen-bond donors (Lipinski definition) is 0. The fourth-order valence-corrected chi connectivity index (χ4v) is 7.54. The van der Waals surface area contributed by atoms with Crippen molar-refractivity contribution in [2.75, 3.05) is 0 Å². The number of esters is 1. The summed E-state index contributed by atoms with van der Waals surface area (Å²) in [4.78, 5) is 14.7. The van der Waals surface area contributed by atoms with E-state index < -0.39 is 0 Å². The van der Waals surface area contributed by atoms with E-state index in [2.05, 4.69) is 49.3 Å². The average molecular weight is 393 g/mol. The van der Waals surface area contributed by atoms with Gasteiger partial charge in [0.15, 0.2) is 12.4 Å². The number of aromatic nitrogens is 1. The molecule has 1 N–H and O–H groups in total. The maximum Gasteiger partial charge on any atom is 0.302 e. The standard InChI is InChI=1S/C26H33NO2/c1-17(28)29-20-10-12-25(2)19(15-20)6-7-21-23-9-8-22(18-5-4-14-27-16-18)26(23,3)13-11-24(21)25/h4-6,8,14,16,20-21,23-24H,7,9-13,15H2,1-3H3/p+1/t20?,21?,23?,24?,25-,26+/m0/s1. The van der Waals surface area contributed by atoms with Gasteiger partial charge in [-0.15, -0.1) is 0 Å². The van der Waals surface area contributed by atoms with E-state index in [9.17, 15) is 4.79 Å². The number of pyridine rings is 1. The summed E-state index contributed by atoms with van der Waals surface area (Å²) in [6.07, 6.45) is 17.5. The summed E-state index contributed by atoms with van der Waals surface area (Å²) in [6, 6.07) is 4.38. The lowest BCUT2D eigenvalue weighted by atomic mass is 9.47. The second-order valence-electron chi connectivity index (χ2n) is 10.3. The van der Waals surface area contributed by atoms with Gasteiger partial charge in [-0.05, 0) is 78.7 Å². The van der Waals surface area contributed by atoms with Gasteiger partial charge in [0, 0.05) is 25.0 Å². The van der Waals surface area contributed by atoms with Crippen molar-refractivity contribution in [2.24, 2.45) is 28.6 Å². The van der Waals surface area contributed by atoms with Crippen LogP contribution in [0.25, 0.3) is 5.57 Å². The molecule has 0 bridgehead atoms. The summed E-state index contributed by atoms with van der Waals surface area (Å²) >= 11 is 0. The topological polar surface area (TPSA) is 40.4 Å². The minimum Gasteiger partial charge on any atom is -0.462 e. The number of nitrogens with one attached hydrogen (secondary N) is 1. The van der Waals surface area contributed by atoms with E-state index in [1.807, 2.05) is 6.20 Å². The molecule has 3 nitrogen and oxygen atoms in total. The van der Waals surface area contributed by atoms with E-state index in [0.29, 0.717) is 10.8 Å². The van der Waals surface area contributed by atoms with E-state index in [1.165, 1.54) is 38.2 Å². The van der Waals surface area contributed by atoms with Crippen LogP contribution in [-0.4, -0.2) is 12.1 Å². The molecule has 29 heavy (non-hydrogen) atoms. The number of aromatic amines is 1. The SMILES string of the molecule is CC(=O)OC1CC[C@@]2(C)C(=CCC3C2CC[C@]2(C)C(c4ccc[nH+]c4)=CCC32)C1. The van der Waals surface area contributed by atoms with Gasteiger partial charge in [-0.25, -0.2) is 4.98 Å². The predicted molar refractivity (Wildman–Crippen MR) is 114 cm³/mol. The highest BCUT2D eigenvalue weighted by atomic mass is 16.5. The zero-order chi connectivity index (χ0) is 20.2. The fraction of sp³-hybridized carbons (Fsp3) is 0.615.